The summed E-state index contributed by atoms with van der Waals surface area (Å²) in [5, 5.41) is 9.34. The molecule has 0 saturated carbocycles. The van der Waals surface area contributed by atoms with Crippen LogP contribution in [-0.2, 0) is 13.2 Å². The fourth-order valence-corrected chi connectivity index (χ4v) is 1.76. The van der Waals surface area contributed by atoms with E-state index in [0.29, 0.717) is 16.3 Å². The Morgan fingerprint density at radius 2 is 2.00 bits per heavy atom. The Balaban J connectivity index is 2.06. The van der Waals surface area contributed by atoms with Gasteiger partial charge in [-0.15, -0.1) is 0 Å². The van der Waals surface area contributed by atoms with E-state index in [1.807, 2.05) is 0 Å². The van der Waals surface area contributed by atoms with Crippen molar-refractivity contribution in [3.05, 3.63) is 64.4 Å². The van der Waals surface area contributed by atoms with Crippen molar-refractivity contribution in [1.82, 2.24) is 0 Å². The van der Waals surface area contributed by atoms with Gasteiger partial charge in [-0.05, 0) is 29.8 Å². The zero-order valence-electron chi connectivity index (χ0n) is 9.57. The average molecular weight is 267 g/mol. The third kappa shape index (κ3) is 3.22. The highest BCUT2D eigenvalue weighted by Crippen LogP contribution is 2.20. The lowest BCUT2D eigenvalue weighted by molar-refractivity contribution is 0.278. The van der Waals surface area contributed by atoms with Crippen LogP contribution in [0.15, 0.2) is 42.5 Å². The predicted molar refractivity (Wildman–Crippen MR) is 68.1 cm³/mol. The van der Waals surface area contributed by atoms with Gasteiger partial charge in [0.25, 0.3) is 0 Å². The van der Waals surface area contributed by atoms with E-state index in [2.05, 4.69) is 0 Å². The predicted octanol–water partition coefficient (Wildman–Crippen LogP) is 3.55. The van der Waals surface area contributed by atoms with Crippen molar-refractivity contribution in [3.63, 3.8) is 0 Å². The molecule has 0 saturated heterocycles. The number of aliphatic hydroxyl groups is 1. The van der Waals surface area contributed by atoms with Crippen LogP contribution < -0.4 is 4.74 Å². The molecule has 18 heavy (non-hydrogen) atoms. The lowest BCUT2D eigenvalue weighted by Gasteiger charge is -2.08. The number of hydrogen-bond acceptors (Lipinski definition) is 2. The second-order valence-electron chi connectivity index (χ2n) is 3.83. The molecule has 0 radical (unpaired) electrons. The van der Waals surface area contributed by atoms with Crippen LogP contribution in [0, 0.1) is 5.82 Å². The molecule has 1 N–H and O–H groups in total. The quantitative estimate of drug-likeness (QED) is 0.917. The van der Waals surface area contributed by atoms with Gasteiger partial charge in [-0.3, -0.25) is 0 Å². The topological polar surface area (TPSA) is 29.5 Å². The number of aliphatic hydroxyl groups excluding tert-OH is 1. The number of rotatable bonds is 4. The zero-order chi connectivity index (χ0) is 13.0. The molecule has 94 valence electrons. The number of halogens is 2. The molecule has 0 fully saturated rings. The molecule has 0 atom stereocenters. The third-order valence-corrected chi connectivity index (χ3v) is 2.84. The molecule has 2 nitrogen and oxygen atoms in total. The van der Waals surface area contributed by atoms with Crippen LogP contribution >= 0.6 is 11.6 Å². The number of ether oxygens (including phenoxy) is 1. The second-order valence-corrected chi connectivity index (χ2v) is 4.24. The van der Waals surface area contributed by atoms with Gasteiger partial charge in [0, 0.05) is 5.56 Å². The minimum Gasteiger partial charge on any atom is -0.489 e. The van der Waals surface area contributed by atoms with E-state index in [9.17, 15) is 4.39 Å². The van der Waals surface area contributed by atoms with E-state index in [1.165, 1.54) is 12.1 Å². The van der Waals surface area contributed by atoms with Crippen molar-refractivity contribution in [2.45, 2.75) is 13.2 Å². The first-order chi connectivity index (χ1) is 8.69. The molecule has 0 aliphatic heterocycles. The van der Waals surface area contributed by atoms with Crippen molar-refractivity contribution in [2.24, 2.45) is 0 Å². The Hall–Kier alpha value is -1.58. The fourth-order valence-electron chi connectivity index (χ4n) is 1.53. The van der Waals surface area contributed by atoms with Crippen molar-refractivity contribution in [1.29, 1.82) is 0 Å². The molecule has 0 amide bonds. The summed E-state index contributed by atoms with van der Waals surface area (Å²) in [6.07, 6.45) is 0. The Morgan fingerprint density at radius 1 is 1.17 bits per heavy atom. The minimum absolute atomic E-state index is 0.0332. The fraction of sp³-hybridized carbons (Fsp3) is 0.143. The first-order valence-electron chi connectivity index (χ1n) is 5.45. The molecular formula is C14H12ClFO2. The molecule has 2 aromatic carbocycles. The van der Waals surface area contributed by atoms with Crippen LogP contribution in [0.2, 0.25) is 5.02 Å². The summed E-state index contributed by atoms with van der Waals surface area (Å²) in [5.41, 5.74) is 1.49. The summed E-state index contributed by atoms with van der Waals surface area (Å²) < 4.78 is 18.4. The van der Waals surface area contributed by atoms with Crippen molar-refractivity contribution in [2.75, 3.05) is 0 Å². The highest BCUT2D eigenvalue weighted by atomic mass is 35.5. The van der Waals surface area contributed by atoms with Crippen molar-refractivity contribution < 1.29 is 14.2 Å². The Kier molecular flexibility index (Phi) is 4.18. The van der Waals surface area contributed by atoms with Crippen molar-refractivity contribution >= 4 is 11.6 Å². The smallest absolute Gasteiger partial charge is 0.124 e. The Morgan fingerprint density at radius 3 is 2.72 bits per heavy atom. The maximum absolute atomic E-state index is 12.9. The van der Waals surface area contributed by atoms with Crippen LogP contribution in [0.4, 0.5) is 4.39 Å². The van der Waals surface area contributed by atoms with Gasteiger partial charge in [0.2, 0.25) is 0 Å². The summed E-state index contributed by atoms with van der Waals surface area (Å²) in [6, 6.07) is 11.3. The van der Waals surface area contributed by atoms with Crippen LogP contribution in [-0.4, -0.2) is 5.11 Å². The van der Waals surface area contributed by atoms with E-state index in [-0.39, 0.29) is 19.0 Å². The summed E-state index contributed by atoms with van der Waals surface area (Å²) >= 11 is 5.89. The van der Waals surface area contributed by atoms with Gasteiger partial charge in [-0.1, -0.05) is 29.8 Å². The maximum Gasteiger partial charge on any atom is 0.124 e. The van der Waals surface area contributed by atoms with E-state index >= 15 is 0 Å². The summed E-state index contributed by atoms with van der Waals surface area (Å²) in [6.45, 7) is 0.225. The third-order valence-electron chi connectivity index (χ3n) is 2.49. The van der Waals surface area contributed by atoms with Crippen LogP contribution in [0.25, 0.3) is 0 Å². The summed E-state index contributed by atoms with van der Waals surface area (Å²) in [7, 11) is 0. The normalized spacial score (nSPS) is 10.4. The van der Waals surface area contributed by atoms with E-state index < -0.39 is 0 Å². The second kappa shape index (κ2) is 5.85. The van der Waals surface area contributed by atoms with Gasteiger partial charge in [0.1, 0.15) is 18.2 Å². The van der Waals surface area contributed by atoms with Crippen LogP contribution in [0.5, 0.6) is 5.75 Å². The van der Waals surface area contributed by atoms with E-state index in [4.69, 9.17) is 21.4 Å². The summed E-state index contributed by atoms with van der Waals surface area (Å²) in [5.74, 6) is 0.271. The monoisotopic (exact) mass is 266 g/mol. The molecular weight excluding hydrogens is 255 g/mol. The first-order valence-corrected chi connectivity index (χ1v) is 5.83. The van der Waals surface area contributed by atoms with E-state index in [1.54, 1.807) is 30.3 Å². The zero-order valence-corrected chi connectivity index (χ0v) is 10.3. The van der Waals surface area contributed by atoms with Gasteiger partial charge in [-0.2, -0.15) is 0 Å². The Labute approximate surface area is 110 Å². The molecule has 2 rings (SSSR count). The van der Waals surface area contributed by atoms with Crippen LogP contribution in [0.3, 0.4) is 0 Å². The molecule has 4 heteroatoms. The van der Waals surface area contributed by atoms with Gasteiger partial charge >= 0.3 is 0 Å². The molecule has 0 aromatic heterocycles. The number of benzene rings is 2. The average Bonchev–Trinajstić information content (AvgIpc) is 2.38. The summed E-state index contributed by atoms with van der Waals surface area (Å²) in [4.78, 5) is 0. The molecule has 0 aliphatic carbocycles. The molecule has 0 spiro atoms. The lowest BCUT2D eigenvalue weighted by Crippen LogP contribution is -1.97. The highest BCUT2D eigenvalue weighted by Gasteiger charge is 2.03. The standard InChI is InChI=1S/C14H12ClFO2/c15-14-7-12(16)5-4-11(14)9-18-13-3-1-2-10(6-13)8-17/h1-7,17H,8-9H2. The van der Waals surface area contributed by atoms with Gasteiger partial charge in [0.15, 0.2) is 0 Å². The highest BCUT2D eigenvalue weighted by molar-refractivity contribution is 6.31. The lowest BCUT2D eigenvalue weighted by atomic mass is 10.2. The van der Waals surface area contributed by atoms with E-state index in [0.717, 1.165) is 5.56 Å². The molecule has 0 bridgehead atoms. The van der Waals surface area contributed by atoms with Crippen LogP contribution in [0.1, 0.15) is 11.1 Å². The van der Waals surface area contributed by atoms with Gasteiger partial charge < -0.3 is 9.84 Å². The Bertz CT molecular complexity index is 543. The van der Waals surface area contributed by atoms with Gasteiger partial charge in [-0.25, -0.2) is 4.39 Å². The first kappa shape index (κ1) is 12.9. The SMILES string of the molecule is OCc1cccc(OCc2ccc(F)cc2Cl)c1. The minimum atomic E-state index is -0.369. The maximum atomic E-state index is 12.9. The van der Waals surface area contributed by atoms with Crippen molar-refractivity contribution in [3.8, 4) is 5.75 Å². The van der Waals surface area contributed by atoms with Gasteiger partial charge in [0.05, 0.1) is 11.6 Å². The molecule has 2 aromatic rings. The number of hydrogen-bond donors (Lipinski definition) is 1. The largest absolute Gasteiger partial charge is 0.489 e. The molecule has 0 unspecified atom stereocenters. The molecule has 0 heterocycles. The molecule has 0 aliphatic rings.